The third kappa shape index (κ3) is 3.18. The van der Waals surface area contributed by atoms with Crippen LogP contribution in [0, 0.1) is 6.92 Å². The highest BCUT2D eigenvalue weighted by molar-refractivity contribution is 7.98. The Bertz CT molecular complexity index is 545. The van der Waals surface area contributed by atoms with Crippen LogP contribution in [-0.2, 0) is 5.88 Å². The Morgan fingerprint density at radius 3 is 2.78 bits per heavy atom. The topological polar surface area (TPSA) is 22.1 Å². The van der Waals surface area contributed by atoms with Crippen LogP contribution in [-0.4, -0.2) is 11.2 Å². The summed E-state index contributed by atoms with van der Waals surface area (Å²) in [6.45, 7) is 1.93. The smallest absolute Gasteiger partial charge is 0.219 e. The molecular formula is C14H14ClNOS. The molecule has 0 spiro atoms. The molecule has 0 bridgehead atoms. The average Bonchev–Trinajstić information content (AvgIpc) is 2.38. The number of rotatable bonds is 4. The largest absolute Gasteiger partial charge is 0.438 e. The lowest BCUT2D eigenvalue weighted by molar-refractivity contribution is 0.450. The second-order valence-corrected chi connectivity index (χ2v) is 4.96. The van der Waals surface area contributed by atoms with Gasteiger partial charge in [-0.25, -0.2) is 4.98 Å². The number of halogens is 1. The van der Waals surface area contributed by atoms with E-state index in [2.05, 4.69) is 4.98 Å². The number of hydrogen-bond donors (Lipinski definition) is 0. The van der Waals surface area contributed by atoms with E-state index in [0.717, 1.165) is 21.9 Å². The molecule has 0 saturated carbocycles. The molecule has 2 rings (SSSR count). The number of aryl methyl sites for hydroxylation is 1. The van der Waals surface area contributed by atoms with Gasteiger partial charge in [0.2, 0.25) is 5.88 Å². The molecular weight excluding hydrogens is 266 g/mol. The van der Waals surface area contributed by atoms with E-state index in [1.165, 1.54) is 0 Å². The highest BCUT2D eigenvalue weighted by Crippen LogP contribution is 2.30. The van der Waals surface area contributed by atoms with Gasteiger partial charge in [-0.2, -0.15) is 0 Å². The van der Waals surface area contributed by atoms with Crippen molar-refractivity contribution in [1.82, 2.24) is 4.98 Å². The average molecular weight is 280 g/mol. The lowest BCUT2D eigenvalue weighted by atomic mass is 10.2. The van der Waals surface area contributed by atoms with E-state index in [9.17, 15) is 0 Å². The van der Waals surface area contributed by atoms with Gasteiger partial charge in [-0.1, -0.05) is 12.1 Å². The molecule has 0 aliphatic heterocycles. The molecule has 0 saturated heterocycles. The quantitative estimate of drug-likeness (QED) is 0.601. The zero-order chi connectivity index (χ0) is 13.0. The van der Waals surface area contributed by atoms with E-state index in [-0.39, 0.29) is 0 Å². The Morgan fingerprint density at radius 2 is 2.06 bits per heavy atom. The zero-order valence-electron chi connectivity index (χ0n) is 10.3. The highest BCUT2D eigenvalue weighted by atomic mass is 35.5. The van der Waals surface area contributed by atoms with Crippen LogP contribution in [0.2, 0.25) is 0 Å². The second-order valence-electron chi connectivity index (χ2n) is 3.84. The number of alkyl halides is 1. The van der Waals surface area contributed by atoms with Crippen molar-refractivity contribution in [2.75, 3.05) is 6.26 Å². The number of thioether (sulfide) groups is 1. The summed E-state index contributed by atoms with van der Waals surface area (Å²) >= 11 is 7.49. The van der Waals surface area contributed by atoms with Crippen molar-refractivity contribution < 1.29 is 4.74 Å². The van der Waals surface area contributed by atoms with Crippen LogP contribution in [0.4, 0.5) is 0 Å². The SMILES string of the molecule is CSc1ccccc1Oc1cc(CCl)cc(C)n1. The van der Waals surface area contributed by atoms with E-state index in [1.807, 2.05) is 49.6 Å². The Labute approximate surface area is 116 Å². The summed E-state index contributed by atoms with van der Waals surface area (Å²) in [5, 5.41) is 0. The van der Waals surface area contributed by atoms with E-state index >= 15 is 0 Å². The van der Waals surface area contributed by atoms with Crippen molar-refractivity contribution in [3.05, 3.63) is 47.7 Å². The second kappa shape index (κ2) is 6.12. The van der Waals surface area contributed by atoms with Crippen LogP contribution in [0.15, 0.2) is 41.3 Å². The maximum atomic E-state index is 5.84. The summed E-state index contributed by atoms with van der Waals surface area (Å²) in [7, 11) is 0. The van der Waals surface area contributed by atoms with Crippen LogP contribution < -0.4 is 4.74 Å². The number of ether oxygens (including phenoxy) is 1. The molecule has 94 valence electrons. The summed E-state index contributed by atoms with van der Waals surface area (Å²) in [6.07, 6.45) is 2.02. The van der Waals surface area contributed by atoms with Gasteiger partial charge in [0, 0.05) is 22.5 Å². The van der Waals surface area contributed by atoms with Crippen molar-refractivity contribution in [2.45, 2.75) is 17.7 Å². The molecule has 1 heterocycles. The van der Waals surface area contributed by atoms with Gasteiger partial charge in [0.1, 0.15) is 5.75 Å². The maximum Gasteiger partial charge on any atom is 0.219 e. The fraction of sp³-hybridized carbons (Fsp3) is 0.214. The molecule has 0 fully saturated rings. The van der Waals surface area contributed by atoms with Gasteiger partial charge in [-0.05, 0) is 36.9 Å². The number of pyridine rings is 1. The number of para-hydroxylation sites is 1. The third-order valence-electron chi connectivity index (χ3n) is 2.43. The lowest BCUT2D eigenvalue weighted by Crippen LogP contribution is -1.93. The number of nitrogens with zero attached hydrogens (tertiary/aromatic N) is 1. The van der Waals surface area contributed by atoms with Crippen LogP contribution >= 0.6 is 23.4 Å². The fourth-order valence-corrected chi connectivity index (χ4v) is 2.33. The first-order valence-electron chi connectivity index (χ1n) is 5.57. The number of aromatic nitrogens is 1. The summed E-state index contributed by atoms with van der Waals surface area (Å²) in [5.74, 6) is 1.87. The molecule has 0 N–H and O–H groups in total. The highest BCUT2D eigenvalue weighted by Gasteiger charge is 2.06. The lowest BCUT2D eigenvalue weighted by Gasteiger charge is -2.10. The molecule has 0 radical (unpaired) electrons. The van der Waals surface area contributed by atoms with Gasteiger partial charge in [0.05, 0.1) is 0 Å². The van der Waals surface area contributed by atoms with Crippen LogP contribution in [0.5, 0.6) is 11.6 Å². The normalized spacial score (nSPS) is 10.4. The Kier molecular flexibility index (Phi) is 4.50. The van der Waals surface area contributed by atoms with Gasteiger partial charge >= 0.3 is 0 Å². The van der Waals surface area contributed by atoms with Gasteiger partial charge < -0.3 is 4.74 Å². The molecule has 0 amide bonds. The molecule has 0 unspecified atom stereocenters. The van der Waals surface area contributed by atoms with E-state index in [4.69, 9.17) is 16.3 Å². The monoisotopic (exact) mass is 279 g/mol. The van der Waals surface area contributed by atoms with E-state index in [1.54, 1.807) is 11.8 Å². The Morgan fingerprint density at radius 1 is 1.28 bits per heavy atom. The van der Waals surface area contributed by atoms with Gasteiger partial charge in [0.25, 0.3) is 0 Å². The molecule has 4 heteroatoms. The Hall–Kier alpha value is -1.19. The molecule has 0 aliphatic carbocycles. The van der Waals surface area contributed by atoms with Crippen molar-refractivity contribution in [1.29, 1.82) is 0 Å². The van der Waals surface area contributed by atoms with E-state index < -0.39 is 0 Å². The van der Waals surface area contributed by atoms with E-state index in [0.29, 0.717) is 11.8 Å². The van der Waals surface area contributed by atoms with Gasteiger partial charge in [-0.15, -0.1) is 23.4 Å². The standard InChI is InChI=1S/C14H14ClNOS/c1-10-7-11(9-15)8-14(16-10)17-12-5-3-4-6-13(12)18-2/h3-8H,9H2,1-2H3. The zero-order valence-corrected chi connectivity index (χ0v) is 11.9. The predicted molar refractivity (Wildman–Crippen MR) is 76.8 cm³/mol. The van der Waals surface area contributed by atoms with Gasteiger partial charge in [0.15, 0.2) is 0 Å². The first-order chi connectivity index (χ1) is 8.72. The van der Waals surface area contributed by atoms with Crippen LogP contribution in [0.25, 0.3) is 0 Å². The molecule has 1 aromatic heterocycles. The fourth-order valence-electron chi connectivity index (χ4n) is 1.65. The number of hydrogen-bond acceptors (Lipinski definition) is 3. The summed E-state index contributed by atoms with van der Waals surface area (Å²) in [6, 6.07) is 11.7. The van der Waals surface area contributed by atoms with Crippen LogP contribution in [0.3, 0.4) is 0 Å². The maximum absolute atomic E-state index is 5.84. The minimum absolute atomic E-state index is 0.462. The minimum Gasteiger partial charge on any atom is -0.438 e. The summed E-state index contributed by atoms with van der Waals surface area (Å²) in [4.78, 5) is 5.45. The van der Waals surface area contributed by atoms with Crippen LogP contribution in [0.1, 0.15) is 11.3 Å². The van der Waals surface area contributed by atoms with Gasteiger partial charge in [-0.3, -0.25) is 0 Å². The van der Waals surface area contributed by atoms with Crippen molar-refractivity contribution >= 4 is 23.4 Å². The minimum atomic E-state index is 0.462. The summed E-state index contributed by atoms with van der Waals surface area (Å²) < 4.78 is 5.83. The molecule has 2 aromatic rings. The van der Waals surface area contributed by atoms with Crippen molar-refractivity contribution in [2.24, 2.45) is 0 Å². The molecule has 2 nitrogen and oxygen atoms in total. The first-order valence-corrected chi connectivity index (χ1v) is 7.33. The van der Waals surface area contributed by atoms with Crippen molar-refractivity contribution in [3.63, 3.8) is 0 Å². The molecule has 0 aliphatic rings. The first kappa shape index (κ1) is 13.2. The Balaban J connectivity index is 2.30. The third-order valence-corrected chi connectivity index (χ3v) is 3.51. The molecule has 0 atom stereocenters. The number of benzene rings is 1. The van der Waals surface area contributed by atoms with Crippen molar-refractivity contribution in [3.8, 4) is 11.6 Å². The molecule has 1 aromatic carbocycles. The molecule has 18 heavy (non-hydrogen) atoms. The summed E-state index contributed by atoms with van der Waals surface area (Å²) in [5.41, 5.74) is 1.92. The predicted octanol–water partition coefficient (Wildman–Crippen LogP) is 4.64.